The molecule has 0 spiro atoms. The topological polar surface area (TPSA) is 27.0 Å². The highest BCUT2D eigenvalue weighted by Crippen LogP contribution is 2.30. The molecule has 0 N–H and O–H groups in total. The Morgan fingerprint density at radius 2 is 1.60 bits per heavy atom. The van der Waals surface area contributed by atoms with Gasteiger partial charge in [-0.05, 0) is 49.2 Å². The van der Waals surface area contributed by atoms with Gasteiger partial charge in [0.05, 0.1) is 11.3 Å². The highest BCUT2D eigenvalue weighted by Gasteiger charge is 2.17. The average molecular weight is 272 g/mol. The second kappa shape index (κ2) is 5.30. The van der Waals surface area contributed by atoms with E-state index in [4.69, 9.17) is 5.26 Å². The second-order valence-electron chi connectivity index (χ2n) is 4.78. The smallest absolute Gasteiger partial charge is 0.183 e. The normalized spacial score (nSPS) is 10.2. The average Bonchev–Trinajstić information content (AvgIpc) is 2.40. The van der Waals surface area contributed by atoms with Gasteiger partial charge in [-0.2, -0.15) is 5.26 Å². The van der Waals surface area contributed by atoms with Gasteiger partial charge in [-0.1, -0.05) is 6.07 Å². The van der Waals surface area contributed by atoms with Gasteiger partial charge in [0, 0.05) is 12.7 Å². The molecule has 102 valence electrons. The lowest BCUT2D eigenvalue weighted by Crippen LogP contribution is -2.13. The van der Waals surface area contributed by atoms with Crippen LogP contribution in [0.1, 0.15) is 16.7 Å². The zero-order chi connectivity index (χ0) is 14.9. The van der Waals surface area contributed by atoms with Crippen LogP contribution in [0.2, 0.25) is 0 Å². The van der Waals surface area contributed by atoms with Gasteiger partial charge < -0.3 is 4.90 Å². The van der Waals surface area contributed by atoms with Gasteiger partial charge in [0.1, 0.15) is 6.07 Å². The van der Waals surface area contributed by atoms with Crippen molar-refractivity contribution in [1.82, 2.24) is 0 Å². The molecule has 0 aliphatic rings. The Morgan fingerprint density at radius 1 is 1.00 bits per heavy atom. The summed E-state index contributed by atoms with van der Waals surface area (Å²) in [5.74, 6) is -2.12. The first kappa shape index (κ1) is 14.0. The molecule has 0 saturated heterocycles. The third-order valence-corrected chi connectivity index (χ3v) is 3.14. The van der Waals surface area contributed by atoms with E-state index in [-0.39, 0.29) is 11.3 Å². The summed E-state index contributed by atoms with van der Waals surface area (Å²) >= 11 is 0. The first-order valence-electron chi connectivity index (χ1n) is 6.14. The van der Waals surface area contributed by atoms with Gasteiger partial charge >= 0.3 is 0 Å². The lowest BCUT2D eigenvalue weighted by atomic mass is 10.1. The molecular weight excluding hydrogens is 258 g/mol. The van der Waals surface area contributed by atoms with Crippen molar-refractivity contribution in [2.45, 2.75) is 13.8 Å². The summed E-state index contributed by atoms with van der Waals surface area (Å²) in [5, 5.41) is 8.69. The molecule has 0 aliphatic carbocycles. The van der Waals surface area contributed by atoms with Gasteiger partial charge in [0.2, 0.25) is 0 Å². The lowest BCUT2D eigenvalue weighted by Gasteiger charge is -2.21. The molecule has 2 rings (SSSR count). The van der Waals surface area contributed by atoms with Crippen LogP contribution in [-0.4, -0.2) is 7.05 Å². The molecule has 0 aromatic heterocycles. The fourth-order valence-electron chi connectivity index (χ4n) is 2.17. The zero-order valence-electron chi connectivity index (χ0n) is 11.5. The summed E-state index contributed by atoms with van der Waals surface area (Å²) in [4.78, 5) is 1.57. The Hall–Kier alpha value is -2.41. The predicted octanol–water partition coefficient (Wildman–Crippen LogP) is 4.22. The molecule has 4 heteroatoms. The molecule has 2 nitrogen and oxygen atoms in total. The molecule has 0 fully saturated rings. The Labute approximate surface area is 116 Å². The van der Waals surface area contributed by atoms with Crippen molar-refractivity contribution in [3.8, 4) is 6.07 Å². The van der Waals surface area contributed by atoms with Crippen molar-refractivity contribution in [3.05, 3.63) is 58.7 Å². The van der Waals surface area contributed by atoms with Crippen LogP contribution in [0, 0.1) is 36.8 Å². The monoisotopic (exact) mass is 272 g/mol. The number of anilines is 2. The molecule has 0 amide bonds. The highest BCUT2D eigenvalue weighted by molar-refractivity contribution is 5.65. The van der Waals surface area contributed by atoms with E-state index < -0.39 is 11.6 Å². The van der Waals surface area contributed by atoms with Gasteiger partial charge in [0.15, 0.2) is 11.6 Å². The summed E-state index contributed by atoms with van der Waals surface area (Å²) in [6.07, 6.45) is 0. The van der Waals surface area contributed by atoms with Gasteiger partial charge in [-0.15, -0.1) is 0 Å². The van der Waals surface area contributed by atoms with Crippen LogP contribution in [0.25, 0.3) is 0 Å². The molecule has 0 heterocycles. The van der Waals surface area contributed by atoms with Crippen LogP contribution in [0.4, 0.5) is 20.2 Å². The Morgan fingerprint density at radius 3 is 2.15 bits per heavy atom. The number of halogens is 2. The number of hydrogen-bond acceptors (Lipinski definition) is 2. The predicted molar refractivity (Wildman–Crippen MR) is 75.1 cm³/mol. The third-order valence-electron chi connectivity index (χ3n) is 3.14. The minimum Gasteiger partial charge on any atom is -0.342 e. The summed E-state index contributed by atoms with van der Waals surface area (Å²) < 4.78 is 27.7. The van der Waals surface area contributed by atoms with Crippen LogP contribution in [0.3, 0.4) is 0 Å². The van der Waals surface area contributed by atoms with Crippen molar-refractivity contribution in [3.63, 3.8) is 0 Å². The molecule has 0 saturated carbocycles. The molecule has 0 aliphatic heterocycles. The quantitative estimate of drug-likeness (QED) is 0.818. The van der Waals surface area contributed by atoms with Crippen molar-refractivity contribution in [2.24, 2.45) is 0 Å². The zero-order valence-corrected chi connectivity index (χ0v) is 11.5. The van der Waals surface area contributed by atoms with Crippen LogP contribution in [0.15, 0.2) is 30.3 Å². The molecule has 20 heavy (non-hydrogen) atoms. The fourth-order valence-corrected chi connectivity index (χ4v) is 2.17. The maximum absolute atomic E-state index is 14.0. The van der Waals surface area contributed by atoms with E-state index in [1.807, 2.05) is 32.0 Å². The van der Waals surface area contributed by atoms with E-state index in [9.17, 15) is 8.78 Å². The number of aryl methyl sites for hydroxylation is 2. The Balaban J connectivity index is 2.51. The number of nitriles is 1. The molecule has 2 aromatic rings. The first-order chi connectivity index (χ1) is 9.43. The lowest BCUT2D eigenvalue weighted by molar-refractivity contribution is 0.507. The first-order valence-corrected chi connectivity index (χ1v) is 6.14. The van der Waals surface area contributed by atoms with Crippen molar-refractivity contribution < 1.29 is 8.78 Å². The van der Waals surface area contributed by atoms with Gasteiger partial charge in [-0.3, -0.25) is 0 Å². The molecule has 0 unspecified atom stereocenters. The number of hydrogen-bond donors (Lipinski definition) is 0. The minimum atomic E-state index is -1.11. The highest BCUT2D eigenvalue weighted by atomic mass is 19.2. The number of benzene rings is 2. The summed E-state index contributed by atoms with van der Waals surface area (Å²) in [5.41, 5.74) is 2.67. The minimum absolute atomic E-state index is 0.103. The molecule has 0 bridgehead atoms. The molecule has 2 aromatic carbocycles. The maximum atomic E-state index is 14.0. The third kappa shape index (κ3) is 2.48. The summed E-state index contributed by atoms with van der Waals surface area (Å²) in [6, 6.07) is 10.1. The number of nitrogens with zero attached hydrogens (tertiary/aromatic N) is 2. The Bertz CT molecular complexity index is 682. The largest absolute Gasteiger partial charge is 0.342 e. The second-order valence-corrected chi connectivity index (χ2v) is 4.78. The summed E-state index contributed by atoms with van der Waals surface area (Å²) in [6.45, 7) is 3.89. The van der Waals surface area contributed by atoms with Crippen molar-refractivity contribution in [2.75, 3.05) is 11.9 Å². The summed E-state index contributed by atoms with van der Waals surface area (Å²) in [7, 11) is 1.66. The van der Waals surface area contributed by atoms with E-state index in [0.717, 1.165) is 16.8 Å². The fraction of sp³-hybridized carbons (Fsp3) is 0.188. The molecule has 0 atom stereocenters. The Kier molecular flexibility index (Phi) is 3.71. The van der Waals surface area contributed by atoms with Gasteiger partial charge in [-0.25, -0.2) is 8.78 Å². The van der Waals surface area contributed by atoms with E-state index >= 15 is 0 Å². The molecular formula is C16H14F2N2. The molecule has 0 radical (unpaired) electrons. The van der Waals surface area contributed by atoms with E-state index in [0.29, 0.717) is 0 Å². The van der Waals surface area contributed by atoms with Gasteiger partial charge in [0.25, 0.3) is 0 Å². The standard InChI is InChI=1S/C16H14F2N2/c1-10-6-11(2)8-13(7-10)20(3)14-5-4-12(9-19)15(17)16(14)18/h4-8H,1-3H3. The van der Waals surface area contributed by atoms with Crippen LogP contribution in [0.5, 0.6) is 0 Å². The number of rotatable bonds is 2. The van der Waals surface area contributed by atoms with Crippen LogP contribution >= 0.6 is 0 Å². The van der Waals surface area contributed by atoms with Crippen molar-refractivity contribution >= 4 is 11.4 Å². The van der Waals surface area contributed by atoms with Crippen molar-refractivity contribution in [1.29, 1.82) is 5.26 Å². The van der Waals surface area contributed by atoms with E-state index in [1.54, 1.807) is 18.0 Å². The SMILES string of the molecule is Cc1cc(C)cc(N(C)c2ccc(C#N)c(F)c2F)c1. The van der Waals surface area contributed by atoms with E-state index in [1.165, 1.54) is 12.1 Å². The van der Waals surface area contributed by atoms with Crippen LogP contribution < -0.4 is 4.90 Å². The maximum Gasteiger partial charge on any atom is 0.183 e. The van der Waals surface area contributed by atoms with E-state index in [2.05, 4.69) is 0 Å². The van der Waals surface area contributed by atoms with Crippen LogP contribution in [-0.2, 0) is 0 Å².